The first-order valence-corrected chi connectivity index (χ1v) is 6.50. The lowest BCUT2D eigenvalue weighted by molar-refractivity contribution is -0.119. The van der Waals surface area contributed by atoms with Gasteiger partial charge in [0.05, 0.1) is 18.4 Å². The fourth-order valence-electron chi connectivity index (χ4n) is 1.32. The maximum Gasteiger partial charge on any atom is 0.230 e. The molecule has 1 aromatic heterocycles. The van der Waals surface area contributed by atoms with Crippen molar-refractivity contribution in [3.8, 4) is 0 Å². The maximum atomic E-state index is 11.5. The smallest absolute Gasteiger partial charge is 0.230 e. The number of aliphatic hydroxyl groups is 1. The third-order valence-corrected chi connectivity index (χ3v) is 3.30. The first-order chi connectivity index (χ1) is 8.20. The Balaban J connectivity index is 1.80. The third kappa shape index (κ3) is 3.40. The summed E-state index contributed by atoms with van der Waals surface area (Å²) < 4.78 is 1.77. The molecule has 0 aliphatic heterocycles. The number of thioether (sulfide) groups is 1. The van der Waals surface area contributed by atoms with Crippen molar-refractivity contribution in [3.63, 3.8) is 0 Å². The fraction of sp³-hybridized carbons (Fsp3) is 0.778. The van der Waals surface area contributed by atoms with Gasteiger partial charge in [0.25, 0.3) is 0 Å². The van der Waals surface area contributed by atoms with E-state index < -0.39 is 0 Å². The highest BCUT2D eigenvalue weighted by atomic mass is 32.2. The lowest BCUT2D eigenvalue weighted by Gasteiger charge is -2.09. The van der Waals surface area contributed by atoms with E-state index in [2.05, 4.69) is 20.8 Å². The van der Waals surface area contributed by atoms with Crippen molar-refractivity contribution in [3.05, 3.63) is 0 Å². The molecule has 0 aromatic carbocycles. The Morgan fingerprint density at radius 1 is 1.71 bits per heavy atom. The predicted octanol–water partition coefficient (Wildman–Crippen LogP) is -0.403. The van der Waals surface area contributed by atoms with E-state index >= 15 is 0 Å². The minimum Gasteiger partial charge on any atom is -0.394 e. The van der Waals surface area contributed by atoms with E-state index in [1.54, 1.807) is 11.6 Å². The predicted molar refractivity (Wildman–Crippen MR) is 61.5 cm³/mol. The molecule has 7 nitrogen and oxygen atoms in total. The topological polar surface area (TPSA) is 92.9 Å². The van der Waals surface area contributed by atoms with Crippen LogP contribution in [0, 0.1) is 0 Å². The second-order valence-corrected chi connectivity index (χ2v) is 5.02. The van der Waals surface area contributed by atoms with Crippen molar-refractivity contribution < 1.29 is 9.90 Å². The summed E-state index contributed by atoms with van der Waals surface area (Å²) in [4.78, 5) is 11.5. The van der Waals surface area contributed by atoms with Gasteiger partial charge in [0.15, 0.2) is 0 Å². The highest BCUT2D eigenvalue weighted by molar-refractivity contribution is 7.99. The molecule has 1 aromatic rings. The van der Waals surface area contributed by atoms with E-state index in [1.165, 1.54) is 11.8 Å². The molecule has 1 heterocycles. The summed E-state index contributed by atoms with van der Waals surface area (Å²) in [5.41, 5.74) is 0. The molecule has 2 N–H and O–H groups in total. The molecule has 1 saturated carbocycles. The molecule has 1 aliphatic carbocycles. The number of nitrogens with one attached hydrogen (secondary N) is 1. The van der Waals surface area contributed by atoms with Crippen LogP contribution in [-0.4, -0.2) is 49.6 Å². The maximum absolute atomic E-state index is 11.5. The monoisotopic (exact) mass is 257 g/mol. The normalized spacial score (nSPS) is 16.8. The van der Waals surface area contributed by atoms with Crippen LogP contribution in [0.15, 0.2) is 5.16 Å². The van der Waals surface area contributed by atoms with Crippen molar-refractivity contribution in [2.75, 3.05) is 12.4 Å². The summed E-state index contributed by atoms with van der Waals surface area (Å²) in [6.07, 6.45) is 2.21. The van der Waals surface area contributed by atoms with E-state index in [9.17, 15) is 4.79 Å². The van der Waals surface area contributed by atoms with Gasteiger partial charge in [0.2, 0.25) is 11.1 Å². The standard InChI is InChI=1S/C9H15N5O2S/c1-6(4-15)10-8(16)5-17-9-11-12-13-14(9)7-2-3-7/h6-7,15H,2-5H2,1H3,(H,10,16). The highest BCUT2D eigenvalue weighted by Gasteiger charge is 2.28. The van der Waals surface area contributed by atoms with Gasteiger partial charge in [-0.25, -0.2) is 4.68 Å². The quantitative estimate of drug-likeness (QED) is 0.673. The summed E-state index contributed by atoms with van der Waals surface area (Å²) in [5.74, 6) is 0.138. The van der Waals surface area contributed by atoms with Gasteiger partial charge in [0.1, 0.15) is 0 Å². The van der Waals surface area contributed by atoms with E-state index in [-0.39, 0.29) is 24.3 Å². The van der Waals surface area contributed by atoms with Gasteiger partial charge in [-0.15, -0.1) is 5.10 Å². The molecule has 94 valence electrons. The lowest BCUT2D eigenvalue weighted by atomic mass is 10.4. The summed E-state index contributed by atoms with van der Waals surface area (Å²) in [6, 6.07) is 0.189. The summed E-state index contributed by atoms with van der Waals surface area (Å²) in [6.45, 7) is 1.69. The molecule has 0 saturated heterocycles. The van der Waals surface area contributed by atoms with Crippen LogP contribution < -0.4 is 5.32 Å². The summed E-state index contributed by atoms with van der Waals surface area (Å²) >= 11 is 1.32. The number of carbonyl (C=O) groups is 1. The molecule has 1 amide bonds. The Kier molecular flexibility index (Phi) is 3.95. The number of hydrogen-bond donors (Lipinski definition) is 2. The molecule has 1 aliphatic rings. The number of amides is 1. The van der Waals surface area contributed by atoms with Crippen molar-refractivity contribution >= 4 is 17.7 Å². The SMILES string of the molecule is CC(CO)NC(=O)CSc1nnnn1C1CC1. The van der Waals surface area contributed by atoms with Gasteiger partial charge in [-0.2, -0.15) is 0 Å². The molecule has 0 bridgehead atoms. The van der Waals surface area contributed by atoms with Gasteiger partial charge in [0, 0.05) is 6.04 Å². The molecule has 1 fully saturated rings. The lowest BCUT2D eigenvalue weighted by Crippen LogP contribution is -2.36. The van der Waals surface area contributed by atoms with Crippen LogP contribution >= 0.6 is 11.8 Å². The van der Waals surface area contributed by atoms with Crippen LogP contribution in [0.3, 0.4) is 0 Å². The van der Waals surface area contributed by atoms with Crippen molar-refractivity contribution in [2.24, 2.45) is 0 Å². The van der Waals surface area contributed by atoms with Crippen LogP contribution in [-0.2, 0) is 4.79 Å². The Hall–Kier alpha value is -1.15. The second kappa shape index (κ2) is 5.46. The third-order valence-electron chi connectivity index (χ3n) is 2.37. The first kappa shape index (κ1) is 12.3. The largest absolute Gasteiger partial charge is 0.394 e. The Labute approximate surface area is 103 Å². The van der Waals surface area contributed by atoms with Crippen LogP contribution in [0.2, 0.25) is 0 Å². The van der Waals surface area contributed by atoms with Gasteiger partial charge >= 0.3 is 0 Å². The number of hydrogen-bond acceptors (Lipinski definition) is 6. The van der Waals surface area contributed by atoms with E-state index in [1.807, 2.05) is 0 Å². The molecule has 0 spiro atoms. The zero-order chi connectivity index (χ0) is 12.3. The number of tetrazole rings is 1. The molecule has 1 unspecified atom stereocenters. The molecule has 17 heavy (non-hydrogen) atoms. The molecule has 0 radical (unpaired) electrons. The molecule has 2 rings (SSSR count). The molecule has 8 heteroatoms. The molecular formula is C9H15N5O2S. The minimum absolute atomic E-state index is 0.0593. The average Bonchev–Trinajstić information content (AvgIpc) is 3.05. The Morgan fingerprint density at radius 3 is 3.12 bits per heavy atom. The average molecular weight is 257 g/mol. The van der Waals surface area contributed by atoms with Crippen molar-refractivity contribution in [2.45, 2.75) is 37.0 Å². The first-order valence-electron chi connectivity index (χ1n) is 5.51. The number of aromatic nitrogens is 4. The zero-order valence-electron chi connectivity index (χ0n) is 9.54. The number of aliphatic hydroxyl groups excluding tert-OH is 1. The zero-order valence-corrected chi connectivity index (χ0v) is 10.4. The van der Waals surface area contributed by atoms with Gasteiger partial charge in [-0.1, -0.05) is 11.8 Å². The molecular weight excluding hydrogens is 242 g/mol. The van der Waals surface area contributed by atoms with Crippen LogP contribution in [0.25, 0.3) is 0 Å². The van der Waals surface area contributed by atoms with Crippen LogP contribution in [0.1, 0.15) is 25.8 Å². The van der Waals surface area contributed by atoms with Gasteiger partial charge in [-0.3, -0.25) is 4.79 Å². The minimum atomic E-state index is -0.220. The Bertz CT molecular complexity index is 392. The number of carbonyl (C=O) groups excluding carboxylic acids is 1. The Morgan fingerprint density at radius 2 is 2.47 bits per heavy atom. The van der Waals surface area contributed by atoms with E-state index in [0.29, 0.717) is 11.2 Å². The highest BCUT2D eigenvalue weighted by Crippen LogP contribution is 2.36. The van der Waals surface area contributed by atoms with E-state index in [0.717, 1.165) is 12.8 Å². The fourth-order valence-corrected chi connectivity index (χ4v) is 2.08. The number of rotatable bonds is 6. The van der Waals surface area contributed by atoms with E-state index in [4.69, 9.17) is 5.11 Å². The number of nitrogens with zero attached hydrogens (tertiary/aromatic N) is 4. The van der Waals surface area contributed by atoms with Crippen molar-refractivity contribution in [1.29, 1.82) is 0 Å². The van der Waals surface area contributed by atoms with Crippen LogP contribution in [0.4, 0.5) is 0 Å². The second-order valence-electron chi connectivity index (χ2n) is 4.08. The van der Waals surface area contributed by atoms with Gasteiger partial charge < -0.3 is 10.4 Å². The van der Waals surface area contributed by atoms with Crippen LogP contribution in [0.5, 0.6) is 0 Å². The van der Waals surface area contributed by atoms with Gasteiger partial charge in [-0.05, 0) is 30.2 Å². The molecule has 1 atom stereocenters. The summed E-state index contributed by atoms with van der Waals surface area (Å²) in [5, 5.41) is 23.5. The summed E-state index contributed by atoms with van der Waals surface area (Å²) in [7, 11) is 0. The van der Waals surface area contributed by atoms with Crippen molar-refractivity contribution in [1.82, 2.24) is 25.5 Å².